The SMILES string of the molecule is CC(C)(C(=O)Nc1cccc(Oc2ccncc2)c1)c1cccc(C(F)(F)F)c1. The summed E-state index contributed by atoms with van der Waals surface area (Å²) >= 11 is 0. The van der Waals surface area contributed by atoms with Gasteiger partial charge in [0.1, 0.15) is 11.5 Å². The summed E-state index contributed by atoms with van der Waals surface area (Å²) < 4.78 is 44.7. The van der Waals surface area contributed by atoms with Gasteiger partial charge in [0.05, 0.1) is 11.0 Å². The van der Waals surface area contributed by atoms with Crippen molar-refractivity contribution in [1.29, 1.82) is 0 Å². The van der Waals surface area contributed by atoms with Crippen molar-refractivity contribution in [3.8, 4) is 11.5 Å². The number of nitrogens with one attached hydrogen (secondary N) is 1. The highest BCUT2D eigenvalue weighted by molar-refractivity contribution is 5.98. The lowest BCUT2D eigenvalue weighted by molar-refractivity contribution is -0.137. The monoisotopic (exact) mass is 400 g/mol. The molecule has 1 heterocycles. The van der Waals surface area contributed by atoms with Gasteiger partial charge in [-0.1, -0.05) is 24.3 Å². The van der Waals surface area contributed by atoms with Crippen LogP contribution in [0.5, 0.6) is 11.5 Å². The van der Waals surface area contributed by atoms with Crippen LogP contribution in [0.3, 0.4) is 0 Å². The van der Waals surface area contributed by atoms with Crippen molar-refractivity contribution in [2.24, 2.45) is 0 Å². The molecule has 0 atom stereocenters. The first-order chi connectivity index (χ1) is 13.7. The first-order valence-electron chi connectivity index (χ1n) is 8.83. The van der Waals surface area contributed by atoms with Crippen LogP contribution in [0.4, 0.5) is 18.9 Å². The largest absolute Gasteiger partial charge is 0.457 e. The summed E-state index contributed by atoms with van der Waals surface area (Å²) in [6.07, 6.45) is -1.28. The molecule has 4 nitrogen and oxygen atoms in total. The van der Waals surface area contributed by atoms with Crippen molar-refractivity contribution >= 4 is 11.6 Å². The van der Waals surface area contributed by atoms with Crippen LogP contribution >= 0.6 is 0 Å². The molecule has 7 heteroatoms. The fourth-order valence-electron chi connectivity index (χ4n) is 2.68. The van der Waals surface area contributed by atoms with E-state index in [9.17, 15) is 18.0 Å². The highest BCUT2D eigenvalue weighted by atomic mass is 19.4. The summed E-state index contributed by atoms with van der Waals surface area (Å²) in [7, 11) is 0. The number of rotatable bonds is 5. The second-order valence-corrected chi connectivity index (χ2v) is 6.97. The number of pyridine rings is 1. The second kappa shape index (κ2) is 7.95. The normalized spacial score (nSPS) is 11.8. The van der Waals surface area contributed by atoms with Crippen molar-refractivity contribution in [3.63, 3.8) is 0 Å². The quantitative estimate of drug-likeness (QED) is 0.588. The van der Waals surface area contributed by atoms with Crippen LogP contribution in [0.25, 0.3) is 0 Å². The lowest BCUT2D eigenvalue weighted by atomic mass is 9.83. The number of hydrogen-bond donors (Lipinski definition) is 1. The van der Waals surface area contributed by atoms with Crippen molar-refractivity contribution in [2.75, 3.05) is 5.32 Å². The topological polar surface area (TPSA) is 51.2 Å². The number of hydrogen-bond acceptors (Lipinski definition) is 3. The molecule has 0 aliphatic rings. The number of carbonyl (C=O) groups excluding carboxylic acids is 1. The van der Waals surface area contributed by atoms with E-state index in [0.29, 0.717) is 17.2 Å². The number of alkyl halides is 3. The van der Waals surface area contributed by atoms with E-state index < -0.39 is 23.1 Å². The molecule has 29 heavy (non-hydrogen) atoms. The van der Waals surface area contributed by atoms with E-state index in [-0.39, 0.29) is 5.56 Å². The van der Waals surface area contributed by atoms with Crippen molar-refractivity contribution in [2.45, 2.75) is 25.4 Å². The van der Waals surface area contributed by atoms with Crippen LogP contribution in [0.1, 0.15) is 25.0 Å². The maximum atomic E-state index is 13.0. The van der Waals surface area contributed by atoms with Crippen LogP contribution < -0.4 is 10.1 Å². The van der Waals surface area contributed by atoms with Gasteiger partial charge in [-0.05, 0) is 49.7 Å². The van der Waals surface area contributed by atoms with Gasteiger partial charge in [-0.15, -0.1) is 0 Å². The maximum absolute atomic E-state index is 13.0. The Morgan fingerprint density at radius 2 is 1.55 bits per heavy atom. The van der Waals surface area contributed by atoms with Crippen LogP contribution in [0, 0.1) is 0 Å². The van der Waals surface area contributed by atoms with Gasteiger partial charge in [0.2, 0.25) is 5.91 Å². The molecule has 1 amide bonds. The van der Waals surface area contributed by atoms with Gasteiger partial charge in [0.15, 0.2) is 0 Å². The predicted molar refractivity (Wildman–Crippen MR) is 104 cm³/mol. The van der Waals surface area contributed by atoms with E-state index in [1.165, 1.54) is 12.1 Å². The average molecular weight is 400 g/mol. The Hall–Kier alpha value is -3.35. The molecule has 0 radical (unpaired) electrons. The third-order valence-corrected chi connectivity index (χ3v) is 4.46. The van der Waals surface area contributed by atoms with Gasteiger partial charge in [-0.3, -0.25) is 9.78 Å². The van der Waals surface area contributed by atoms with Gasteiger partial charge in [0, 0.05) is 24.1 Å². The minimum atomic E-state index is -4.47. The molecular formula is C22H19F3N2O2. The lowest BCUT2D eigenvalue weighted by Crippen LogP contribution is -2.35. The van der Waals surface area contributed by atoms with Crippen molar-refractivity contribution in [3.05, 3.63) is 84.2 Å². The Morgan fingerprint density at radius 3 is 2.24 bits per heavy atom. The molecule has 0 fully saturated rings. The van der Waals surface area contributed by atoms with Gasteiger partial charge in [0.25, 0.3) is 0 Å². The Bertz CT molecular complexity index is 1000. The van der Waals surface area contributed by atoms with E-state index in [1.54, 1.807) is 62.6 Å². The zero-order chi connectivity index (χ0) is 21.1. The Balaban J connectivity index is 1.78. The molecule has 0 aliphatic carbocycles. The third-order valence-electron chi connectivity index (χ3n) is 4.46. The standard InChI is InChI=1S/C22H19F3N2O2/c1-21(2,15-5-3-6-16(13-15)22(23,24)25)20(28)27-17-7-4-8-19(14-17)29-18-9-11-26-12-10-18/h3-14H,1-2H3,(H,27,28). The van der Waals surface area contributed by atoms with Gasteiger partial charge in [-0.25, -0.2) is 0 Å². The zero-order valence-electron chi connectivity index (χ0n) is 15.8. The summed E-state index contributed by atoms with van der Waals surface area (Å²) in [5, 5.41) is 2.75. The van der Waals surface area contributed by atoms with E-state index in [2.05, 4.69) is 10.3 Å². The number of anilines is 1. The van der Waals surface area contributed by atoms with Crippen molar-refractivity contribution < 1.29 is 22.7 Å². The molecule has 0 bridgehead atoms. The number of aromatic nitrogens is 1. The molecule has 3 rings (SSSR count). The minimum Gasteiger partial charge on any atom is -0.457 e. The zero-order valence-corrected chi connectivity index (χ0v) is 15.8. The number of carbonyl (C=O) groups is 1. The molecule has 1 N–H and O–H groups in total. The number of amides is 1. The second-order valence-electron chi connectivity index (χ2n) is 6.97. The fraction of sp³-hybridized carbons (Fsp3) is 0.182. The molecule has 0 unspecified atom stereocenters. The Labute approximate surface area is 166 Å². The number of benzene rings is 2. The average Bonchev–Trinajstić information content (AvgIpc) is 2.68. The molecule has 1 aromatic heterocycles. The Kier molecular flexibility index (Phi) is 5.59. The van der Waals surface area contributed by atoms with Crippen LogP contribution in [0.2, 0.25) is 0 Å². The first-order valence-corrected chi connectivity index (χ1v) is 8.83. The molecule has 3 aromatic rings. The van der Waals surface area contributed by atoms with Gasteiger partial charge < -0.3 is 10.1 Å². The van der Waals surface area contributed by atoms with Crippen molar-refractivity contribution in [1.82, 2.24) is 4.98 Å². The molecule has 2 aromatic carbocycles. The third kappa shape index (κ3) is 4.93. The van der Waals surface area contributed by atoms with Crippen LogP contribution in [-0.4, -0.2) is 10.9 Å². The van der Waals surface area contributed by atoms with E-state index >= 15 is 0 Å². The first kappa shape index (κ1) is 20.4. The Morgan fingerprint density at radius 1 is 0.897 bits per heavy atom. The summed E-state index contributed by atoms with van der Waals surface area (Å²) in [4.78, 5) is 16.7. The molecular weight excluding hydrogens is 381 g/mol. The van der Waals surface area contributed by atoms with E-state index in [0.717, 1.165) is 12.1 Å². The molecule has 0 spiro atoms. The molecule has 0 aliphatic heterocycles. The number of ether oxygens (including phenoxy) is 1. The smallest absolute Gasteiger partial charge is 0.416 e. The molecule has 0 saturated carbocycles. The van der Waals surface area contributed by atoms with E-state index in [1.807, 2.05) is 0 Å². The maximum Gasteiger partial charge on any atom is 0.416 e. The van der Waals surface area contributed by atoms with Crippen LogP contribution in [-0.2, 0) is 16.4 Å². The highest BCUT2D eigenvalue weighted by Crippen LogP contribution is 2.33. The summed E-state index contributed by atoms with van der Waals surface area (Å²) in [6.45, 7) is 3.16. The number of halogens is 3. The number of nitrogens with zero attached hydrogens (tertiary/aromatic N) is 1. The summed E-state index contributed by atoms with van der Waals surface area (Å²) in [5.74, 6) is 0.663. The lowest BCUT2D eigenvalue weighted by Gasteiger charge is -2.25. The van der Waals surface area contributed by atoms with Crippen LogP contribution in [0.15, 0.2) is 73.1 Å². The van der Waals surface area contributed by atoms with E-state index in [4.69, 9.17) is 4.74 Å². The predicted octanol–water partition coefficient (Wildman–Crippen LogP) is 5.81. The summed E-state index contributed by atoms with van der Waals surface area (Å²) in [6, 6.07) is 15.0. The minimum absolute atomic E-state index is 0.272. The molecule has 0 saturated heterocycles. The fourth-order valence-corrected chi connectivity index (χ4v) is 2.68. The van der Waals surface area contributed by atoms with Gasteiger partial charge in [-0.2, -0.15) is 13.2 Å². The molecule has 150 valence electrons. The van der Waals surface area contributed by atoms with Gasteiger partial charge >= 0.3 is 6.18 Å². The summed E-state index contributed by atoms with van der Waals surface area (Å²) in [5.41, 5.74) is -1.22. The highest BCUT2D eigenvalue weighted by Gasteiger charge is 2.35.